The third-order valence-electron chi connectivity index (χ3n) is 2.26. The quantitative estimate of drug-likeness (QED) is 0.627. The molecule has 0 aromatic carbocycles. The Kier molecular flexibility index (Phi) is 7.13. The van der Waals surface area contributed by atoms with E-state index in [1.54, 1.807) is 5.32 Å². The molecular formula is C10H19F3N2O2. The second-order valence-electron chi connectivity index (χ2n) is 4.14. The molecule has 0 heterocycles. The Labute approximate surface area is 98.6 Å². The molecule has 4 nitrogen and oxygen atoms in total. The van der Waals surface area contributed by atoms with Gasteiger partial charge in [0.05, 0.1) is 6.54 Å². The van der Waals surface area contributed by atoms with Crippen molar-refractivity contribution in [2.45, 2.75) is 32.5 Å². The average molecular weight is 256 g/mol. The fourth-order valence-corrected chi connectivity index (χ4v) is 1.30. The fraction of sp³-hybridized carbons (Fsp3) is 0.900. The molecule has 0 saturated heterocycles. The number of nitrogens with one attached hydrogen (secondary N) is 2. The van der Waals surface area contributed by atoms with Crippen LogP contribution in [0.1, 0.15) is 20.3 Å². The van der Waals surface area contributed by atoms with Gasteiger partial charge in [-0.25, -0.2) is 0 Å². The summed E-state index contributed by atoms with van der Waals surface area (Å²) in [5, 5.41) is 13.4. The molecule has 0 fully saturated rings. The lowest BCUT2D eigenvalue weighted by Gasteiger charge is -2.21. The zero-order valence-corrected chi connectivity index (χ0v) is 9.97. The number of halogens is 3. The second kappa shape index (κ2) is 7.50. The van der Waals surface area contributed by atoms with E-state index in [-0.39, 0.29) is 25.1 Å². The Hall–Kier alpha value is -0.820. The fourth-order valence-electron chi connectivity index (χ4n) is 1.30. The highest BCUT2D eigenvalue weighted by Crippen LogP contribution is 2.12. The molecular weight excluding hydrogens is 237 g/mol. The molecule has 0 bridgehead atoms. The first kappa shape index (κ1) is 16.2. The normalized spacial score (nSPS) is 13.8. The van der Waals surface area contributed by atoms with Gasteiger partial charge in [0.15, 0.2) is 0 Å². The van der Waals surface area contributed by atoms with Crippen molar-refractivity contribution in [3.63, 3.8) is 0 Å². The molecule has 1 atom stereocenters. The Morgan fingerprint density at radius 3 is 2.35 bits per heavy atom. The highest BCUT2D eigenvalue weighted by molar-refractivity contribution is 5.78. The Morgan fingerprint density at radius 2 is 1.94 bits per heavy atom. The van der Waals surface area contributed by atoms with Crippen molar-refractivity contribution < 1.29 is 23.1 Å². The summed E-state index contributed by atoms with van der Waals surface area (Å²) in [6.45, 7) is 2.28. The van der Waals surface area contributed by atoms with Gasteiger partial charge in [-0.2, -0.15) is 13.2 Å². The van der Waals surface area contributed by atoms with E-state index in [9.17, 15) is 18.0 Å². The van der Waals surface area contributed by atoms with E-state index in [0.717, 1.165) is 0 Å². The minimum atomic E-state index is -4.39. The Bertz CT molecular complexity index is 232. The number of aliphatic hydroxyl groups excluding tert-OH is 1. The van der Waals surface area contributed by atoms with Crippen LogP contribution in [0.25, 0.3) is 0 Å². The van der Waals surface area contributed by atoms with Gasteiger partial charge in [0.1, 0.15) is 6.54 Å². The summed E-state index contributed by atoms with van der Waals surface area (Å²) in [7, 11) is 0. The summed E-state index contributed by atoms with van der Waals surface area (Å²) in [6, 6.07) is -0.0864. The van der Waals surface area contributed by atoms with Gasteiger partial charge in [-0.3, -0.25) is 4.79 Å². The van der Waals surface area contributed by atoms with Crippen molar-refractivity contribution in [3.8, 4) is 0 Å². The van der Waals surface area contributed by atoms with Gasteiger partial charge >= 0.3 is 6.18 Å². The molecule has 0 aliphatic heterocycles. The first-order chi connectivity index (χ1) is 7.76. The lowest BCUT2D eigenvalue weighted by Crippen LogP contribution is -2.44. The van der Waals surface area contributed by atoms with E-state index in [0.29, 0.717) is 6.42 Å². The number of alkyl halides is 3. The average Bonchev–Trinajstić information content (AvgIpc) is 2.19. The van der Waals surface area contributed by atoms with Crippen molar-refractivity contribution in [2.75, 3.05) is 19.7 Å². The van der Waals surface area contributed by atoms with Crippen LogP contribution in [0.4, 0.5) is 13.2 Å². The lowest BCUT2D eigenvalue weighted by atomic mass is 10.0. The zero-order valence-electron chi connectivity index (χ0n) is 9.97. The van der Waals surface area contributed by atoms with Crippen molar-refractivity contribution in [1.82, 2.24) is 10.6 Å². The number of carbonyl (C=O) groups is 1. The minimum Gasteiger partial charge on any atom is -0.396 e. The topological polar surface area (TPSA) is 61.4 Å². The maximum absolute atomic E-state index is 11.8. The van der Waals surface area contributed by atoms with Crippen molar-refractivity contribution in [2.24, 2.45) is 5.92 Å². The van der Waals surface area contributed by atoms with Crippen LogP contribution in [-0.4, -0.2) is 42.9 Å². The van der Waals surface area contributed by atoms with Crippen LogP contribution in [0.2, 0.25) is 0 Å². The maximum Gasteiger partial charge on any atom is 0.405 e. The van der Waals surface area contributed by atoms with Crippen LogP contribution in [0, 0.1) is 5.92 Å². The number of aliphatic hydroxyl groups is 1. The van der Waals surface area contributed by atoms with E-state index in [2.05, 4.69) is 5.32 Å². The molecule has 1 amide bonds. The summed E-state index contributed by atoms with van der Waals surface area (Å²) >= 11 is 0. The van der Waals surface area contributed by atoms with Crippen molar-refractivity contribution in [3.05, 3.63) is 0 Å². The molecule has 102 valence electrons. The molecule has 0 aliphatic rings. The highest BCUT2D eigenvalue weighted by atomic mass is 19.4. The maximum atomic E-state index is 11.8. The molecule has 0 saturated carbocycles. The molecule has 3 N–H and O–H groups in total. The summed E-state index contributed by atoms with van der Waals surface area (Å²) in [6.07, 6.45) is -3.93. The Balaban J connectivity index is 3.88. The van der Waals surface area contributed by atoms with E-state index in [1.807, 2.05) is 13.8 Å². The molecule has 0 spiro atoms. The third kappa shape index (κ3) is 8.93. The number of hydrogen-bond acceptors (Lipinski definition) is 3. The first-order valence-electron chi connectivity index (χ1n) is 5.44. The molecule has 0 aromatic heterocycles. The molecule has 0 rings (SSSR count). The van der Waals surface area contributed by atoms with Crippen LogP contribution in [0.3, 0.4) is 0 Å². The lowest BCUT2D eigenvalue weighted by molar-refractivity contribution is -0.138. The predicted octanol–water partition coefficient (Wildman–Crippen LogP) is 0.661. The van der Waals surface area contributed by atoms with E-state index >= 15 is 0 Å². The summed E-state index contributed by atoms with van der Waals surface area (Å²) in [5.74, 6) is -0.511. The molecule has 0 aromatic rings. The van der Waals surface area contributed by atoms with E-state index < -0.39 is 18.6 Å². The first-order valence-corrected chi connectivity index (χ1v) is 5.44. The van der Waals surface area contributed by atoms with Crippen molar-refractivity contribution >= 4 is 5.91 Å². The number of amides is 1. The number of hydrogen-bond donors (Lipinski definition) is 3. The molecule has 0 aliphatic carbocycles. The van der Waals surface area contributed by atoms with Gasteiger partial charge in [0, 0.05) is 12.6 Å². The van der Waals surface area contributed by atoms with Crippen LogP contribution < -0.4 is 10.6 Å². The van der Waals surface area contributed by atoms with Crippen LogP contribution in [0.15, 0.2) is 0 Å². The third-order valence-corrected chi connectivity index (χ3v) is 2.26. The van der Waals surface area contributed by atoms with Gasteiger partial charge in [-0.1, -0.05) is 13.8 Å². The largest absolute Gasteiger partial charge is 0.405 e. The zero-order chi connectivity index (χ0) is 13.5. The summed E-state index contributed by atoms with van der Waals surface area (Å²) in [5.41, 5.74) is 0. The summed E-state index contributed by atoms with van der Waals surface area (Å²) in [4.78, 5) is 11.1. The van der Waals surface area contributed by atoms with E-state index in [4.69, 9.17) is 5.11 Å². The van der Waals surface area contributed by atoms with E-state index in [1.165, 1.54) is 0 Å². The molecule has 17 heavy (non-hydrogen) atoms. The van der Waals surface area contributed by atoms with Crippen LogP contribution in [-0.2, 0) is 4.79 Å². The monoisotopic (exact) mass is 256 g/mol. The van der Waals surface area contributed by atoms with Gasteiger partial charge in [0.2, 0.25) is 5.91 Å². The second-order valence-corrected chi connectivity index (χ2v) is 4.14. The molecule has 7 heteroatoms. The van der Waals surface area contributed by atoms with Gasteiger partial charge < -0.3 is 15.7 Å². The van der Waals surface area contributed by atoms with Crippen molar-refractivity contribution in [1.29, 1.82) is 0 Å². The molecule has 0 radical (unpaired) electrons. The number of carbonyl (C=O) groups excluding carboxylic acids is 1. The van der Waals surface area contributed by atoms with Gasteiger partial charge in [0.25, 0.3) is 0 Å². The van der Waals surface area contributed by atoms with Crippen LogP contribution >= 0.6 is 0 Å². The highest BCUT2D eigenvalue weighted by Gasteiger charge is 2.27. The minimum absolute atomic E-state index is 0.0278. The number of rotatable bonds is 7. The predicted molar refractivity (Wildman–Crippen MR) is 57.4 cm³/mol. The SMILES string of the molecule is CC(C)C(CCO)NCC(=O)NCC(F)(F)F. The standard InChI is InChI=1S/C10H19F3N2O2/c1-7(2)8(3-4-16)14-5-9(17)15-6-10(11,12)13/h7-8,14,16H,3-6H2,1-2H3,(H,15,17). The van der Waals surface area contributed by atoms with Gasteiger partial charge in [-0.05, 0) is 12.3 Å². The summed E-state index contributed by atoms with van der Waals surface area (Å²) < 4.78 is 35.4. The smallest absolute Gasteiger partial charge is 0.396 e. The van der Waals surface area contributed by atoms with Gasteiger partial charge in [-0.15, -0.1) is 0 Å². The molecule has 1 unspecified atom stereocenters. The van der Waals surface area contributed by atoms with Crippen LogP contribution in [0.5, 0.6) is 0 Å². The Morgan fingerprint density at radius 1 is 1.35 bits per heavy atom.